The van der Waals surface area contributed by atoms with Crippen molar-refractivity contribution in [1.82, 2.24) is 9.55 Å². The summed E-state index contributed by atoms with van der Waals surface area (Å²) in [6.07, 6.45) is 2.24. The standard InChI is InChI=1S/C17H19N3O/c1-3-5-12-8-10-13(11-9-12)20-14-6-4-7-15(21-2)16(14)19-17(20)18/h4,6-11H,3,5H2,1-2H3,(H2,18,19). The first-order chi connectivity index (χ1) is 10.2. The van der Waals surface area contributed by atoms with Crippen LogP contribution in [0, 0.1) is 0 Å². The van der Waals surface area contributed by atoms with Gasteiger partial charge in [0.1, 0.15) is 11.3 Å². The number of rotatable bonds is 4. The van der Waals surface area contributed by atoms with Gasteiger partial charge in [0.25, 0.3) is 0 Å². The zero-order valence-corrected chi connectivity index (χ0v) is 12.3. The molecular weight excluding hydrogens is 262 g/mol. The van der Waals surface area contributed by atoms with Gasteiger partial charge in [0.15, 0.2) is 0 Å². The van der Waals surface area contributed by atoms with Gasteiger partial charge in [-0.05, 0) is 36.2 Å². The number of nitrogens with two attached hydrogens (primary N) is 1. The Kier molecular flexibility index (Phi) is 3.52. The number of anilines is 1. The number of benzene rings is 2. The van der Waals surface area contributed by atoms with Crippen molar-refractivity contribution >= 4 is 17.0 Å². The smallest absolute Gasteiger partial charge is 0.206 e. The fourth-order valence-corrected chi connectivity index (χ4v) is 2.63. The Hall–Kier alpha value is -2.49. The van der Waals surface area contributed by atoms with Crippen LogP contribution >= 0.6 is 0 Å². The second-order valence-electron chi connectivity index (χ2n) is 5.05. The number of aromatic nitrogens is 2. The average molecular weight is 281 g/mol. The number of para-hydroxylation sites is 1. The Labute approximate surface area is 124 Å². The fraction of sp³-hybridized carbons (Fsp3) is 0.235. The van der Waals surface area contributed by atoms with Gasteiger partial charge in [-0.3, -0.25) is 4.57 Å². The normalized spacial score (nSPS) is 11.0. The van der Waals surface area contributed by atoms with Crippen molar-refractivity contribution in [2.24, 2.45) is 0 Å². The molecule has 4 heteroatoms. The first-order valence-corrected chi connectivity index (χ1v) is 7.15. The Morgan fingerprint density at radius 1 is 1.14 bits per heavy atom. The summed E-state index contributed by atoms with van der Waals surface area (Å²) in [5.74, 6) is 1.21. The Morgan fingerprint density at radius 2 is 1.90 bits per heavy atom. The quantitative estimate of drug-likeness (QED) is 0.795. The van der Waals surface area contributed by atoms with Crippen LogP contribution in [0.2, 0.25) is 0 Å². The number of hydrogen-bond donors (Lipinski definition) is 1. The summed E-state index contributed by atoms with van der Waals surface area (Å²) in [6, 6.07) is 14.3. The van der Waals surface area contributed by atoms with E-state index >= 15 is 0 Å². The third-order valence-corrected chi connectivity index (χ3v) is 3.63. The number of imidazole rings is 1. The molecule has 0 unspecified atom stereocenters. The van der Waals surface area contributed by atoms with Crippen LogP contribution in [0.25, 0.3) is 16.7 Å². The molecule has 0 saturated heterocycles. The van der Waals surface area contributed by atoms with Gasteiger partial charge < -0.3 is 10.5 Å². The van der Waals surface area contributed by atoms with E-state index in [1.807, 2.05) is 22.8 Å². The Bertz CT molecular complexity index is 760. The molecule has 0 bridgehead atoms. The molecule has 1 heterocycles. The van der Waals surface area contributed by atoms with E-state index in [1.165, 1.54) is 5.56 Å². The molecule has 2 aromatic carbocycles. The van der Waals surface area contributed by atoms with Crippen LogP contribution < -0.4 is 10.5 Å². The number of hydrogen-bond acceptors (Lipinski definition) is 3. The van der Waals surface area contributed by atoms with Gasteiger partial charge in [-0.2, -0.15) is 0 Å². The molecule has 0 atom stereocenters. The predicted octanol–water partition coefficient (Wildman–Crippen LogP) is 3.57. The van der Waals surface area contributed by atoms with Gasteiger partial charge in [-0.15, -0.1) is 0 Å². The monoisotopic (exact) mass is 281 g/mol. The van der Waals surface area contributed by atoms with Crippen LogP contribution in [0.5, 0.6) is 5.75 Å². The van der Waals surface area contributed by atoms with E-state index < -0.39 is 0 Å². The van der Waals surface area contributed by atoms with Crippen LogP contribution in [0.4, 0.5) is 5.95 Å². The minimum Gasteiger partial charge on any atom is -0.494 e. The van der Waals surface area contributed by atoms with E-state index in [-0.39, 0.29) is 0 Å². The van der Waals surface area contributed by atoms with Gasteiger partial charge in [0, 0.05) is 5.69 Å². The summed E-state index contributed by atoms with van der Waals surface area (Å²) in [7, 11) is 1.64. The van der Waals surface area contributed by atoms with Gasteiger partial charge in [0.05, 0.1) is 12.6 Å². The molecular formula is C17H19N3O. The number of ether oxygens (including phenoxy) is 1. The van der Waals surface area contributed by atoms with E-state index in [9.17, 15) is 0 Å². The van der Waals surface area contributed by atoms with Gasteiger partial charge >= 0.3 is 0 Å². The largest absolute Gasteiger partial charge is 0.494 e. The molecule has 0 fully saturated rings. The molecule has 0 aliphatic heterocycles. The lowest BCUT2D eigenvalue weighted by atomic mass is 10.1. The average Bonchev–Trinajstić information content (AvgIpc) is 2.84. The highest BCUT2D eigenvalue weighted by atomic mass is 16.5. The highest BCUT2D eigenvalue weighted by Crippen LogP contribution is 2.29. The van der Waals surface area contributed by atoms with E-state index in [0.717, 1.165) is 35.3 Å². The number of fused-ring (bicyclic) bond motifs is 1. The van der Waals surface area contributed by atoms with Crippen molar-refractivity contribution in [1.29, 1.82) is 0 Å². The SMILES string of the molecule is CCCc1ccc(-n2c(N)nc3c(OC)cccc32)cc1. The molecule has 0 aliphatic rings. The summed E-state index contributed by atoms with van der Waals surface area (Å²) in [6.45, 7) is 2.18. The molecule has 0 amide bonds. The highest BCUT2D eigenvalue weighted by molar-refractivity contribution is 5.86. The molecule has 108 valence electrons. The van der Waals surface area contributed by atoms with Crippen LogP contribution in [-0.4, -0.2) is 16.7 Å². The molecule has 0 saturated carbocycles. The number of methoxy groups -OCH3 is 1. The molecule has 1 aromatic heterocycles. The molecule has 0 radical (unpaired) electrons. The van der Waals surface area contributed by atoms with Crippen LogP contribution in [0.3, 0.4) is 0 Å². The fourth-order valence-electron chi connectivity index (χ4n) is 2.63. The van der Waals surface area contributed by atoms with Crippen molar-refractivity contribution in [2.75, 3.05) is 12.8 Å². The summed E-state index contributed by atoms with van der Waals surface area (Å²) in [5.41, 5.74) is 10.2. The van der Waals surface area contributed by atoms with Gasteiger partial charge in [0.2, 0.25) is 5.95 Å². The molecule has 2 N–H and O–H groups in total. The van der Waals surface area contributed by atoms with E-state index in [0.29, 0.717) is 5.95 Å². The molecule has 21 heavy (non-hydrogen) atoms. The number of aryl methyl sites for hydroxylation is 1. The zero-order valence-electron chi connectivity index (χ0n) is 12.3. The Morgan fingerprint density at radius 3 is 2.57 bits per heavy atom. The summed E-state index contributed by atoms with van der Waals surface area (Å²) in [4.78, 5) is 4.43. The van der Waals surface area contributed by atoms with Crippen molar-refractivity contribution in [3.63, 3.8) is 0 Å². The minimum absolute atomic E-state index is 0.470. The van der Waals surface area contributed by atoms with Crippen molar-refractivity contribution < 1.29 is 4.74 Å². The lowest BCUT2D eigenvalue weighted by molar-refractivity contribution is 0.419. The van der Waals surface area contributed by atoms with Crippen LogP contribution in [-0.2, 0) is 6.42 Å². The topological polar surface area (TPSA) is 53.1 Å². The lowest BCUT2D eigenvalue weighted by Crippen LogP contribution is -2.00. The zero-order chi connectivity index (χ0) is 14.8. The van der Waals surface area contributed by atoms with Gasteiger partial charge in [-0.1, -0.05) is 31.5 Å². The van der Waals surface area contributed by atoms with Gasteiger partial charge in [-0.25, -0.2) is 4.98 Å². The van der Waals surface area contributed by atoms with E-state index in [1.54, 1.807) is 7.11 Å². The maximum atomic E-state index is 6.10. The minimum atomic E-state index is 0.470. The van der Waals surface area contributed by atoms with Crippen molar-refractivity contribution in [2.45, 2.75) is 19.8 Å². The third-order valence-electron chi connectivity index (χ3n) is 3.63. The predicted molar refractivity (Wildman–Crippen MR) is 86.0 cm³/mol. The highest BCUT2D eigenvalue weighted by Gasteiger charge is 2.13. The number of nitrogens with zero attached hydrogens (tertiary/aromatic N) is 2. The van der Waals surface area contributed by atoms with Crippen LogP contribution in [0.15, 0.2) is 42.5 Å². The van der Waals surface area contributed by atoms with Crippen molar-refractivity contribution in [3.05, 3.63) is 48.0 Å². The van der Waals surface area contributed by atoms with Crippen molar-refractivity contribution in [3.8, 4) is 11.4 Å². The lowest BCUT2D eigenvalue weighted by Gasteiger charge is -2.08. The maximum Gasteiger partial charge on any atom is 0.206 e. The molecule has 0 spiro atoms. The number of nitrogen functional groups attached to an aromatic ring is 1. The van der Waals surface area contributed by atoms with E-state index in [4.69, 9.17) is 10.5 Å². The molecule has 3 rings (SSSR count). The summed E-state index contributed by atoms with van der Waals surface area (Å²) in [5, 5.41) is 0. The van der Waals surface area contributed by atoms with Crippen LogP contribution in [0.1, 0.15) is 18.9 Å². The summed E-state index contributed by atoms with van der Waals surface area (Å²) >= 11 is 0. The molecule has 3 aromatic rings. The Balaban J connectivity index is 2.13. The first kappa shape index (κ1) is 13.5. The second kappa shape index (κ2) is 5.48. The summed E-state index contributed by atoms with van der Waals surface area (Å²) < 4.78 is 7.30. The first-order valence-electron chi connectivity index (χ1n) is 7.15. The second-order valence-corrected chi connectivity index (χ2v) is 5.05. The molecule has 4 nitrogen and oxygen atoms in total. The van der Waals surface area contributed by atoms with E-state index in [2.05, 4.69) is 36.2 Å². The third kappa shape index (κ3) is 2.33. The molecule has 0 aliphatic carbocycles. The maximum absolute atomic E-state index is 6.10.